The maximum absolute atomic E-state index is 12.6. The third-order valence-corrected chi connectivity index (χ3v) is 2.75. The molecule has 0 saturated heterocycles. The fourth-order valence-corrected chi connectivity index (χ4v) is 1.50. The zero-order valence-corrected chi connectivity index (χ0v) is 9.47. The first kappa shape index (κ1) is 13.3. The van der Waals surface area contributed by atoms with Crippen LogP contribution < -0.4 is 5.73 Å². The van der Waals surface area contributed by atoms with E-state index in [4.69, 9.17) is 5.73 Å². The molecule has 16 heavy (non-hydrogen) atoms. The molecular formula is C10H17F3N2O. The van der Waals surface area contributed by atoms with Crippen LogP contribution in [0.25, 0.3) is 0 Å². The molecule has 6 heteroatoms. The van der Waals surface area contributed by atoms with Crippen molar-refractivity contribution < 1.29 is 18.0 Å². The molecular weight excluding hydrogens is 221 g/mol. The van der Waals surface area contributed by atoms with Crippen LogP contribution in [0, 0.1) is 0 Å². The van der Waals surface area contributed by atoms with Gasteiger partial charge in [0.15, 0.2) is 5.54 Å². The molecule has 1 unspecified atom stereocenters. The molecule has 1 aliphatic carbocycles. The number of amides is 1. The van der Waals surface area contributed by atoms with Crippen LogP contribution in [0.2, 0.25) is 0 Å². The van der Waals surface area contributed by atoms with E-state index in [1.54, 1.807) is 0 Å². The van der Waals surface area contributed by atoms with Crippen molar-refractivity contribution in [2.75, 3.05) is 6.54 Å². The fraction of sp³-hybridized carbons (Fsp3) is 0.900. The highest BCUT2D eigenvalue weighted by Crippen LogP contribution is 2.34. The molecule has 3 nitrogen and oxygen atoms in total. The molecule has 0 aromatic heterocycles. The van der Waals surface area contributed by atoms with Gasteiger partial charge in [0.25, 0.3) is 5.91 Å². The Morgan fingerprint density at radius 2 is 1.94 bits per heavy atom. The summed E-state index contributed by atoms with van der Waals surface area (Å²) in [5.74, 6) is -1.01. The first-order valence-corrected chi connectivity index (χ1v) is 5.38. The number of halogens is 3. The fourth-order valence-electron chi connectivity index (χ4n) is 1.50. The summed E-state index contributed by atoms with van der Waals surface area (Å²) in [5, 5.41) is 0. The van der Waals surface area contributed by atoms with Gasteiger partial charge in [0.2, 0.25) is 0 Å². The van der Waals surface area contributed by atoms with Crippen LogP contribution in [0.15, 0.2) is 0 Å². The molecule has 2 N–H and O–H groups in total. The van der Waals surface area contributed by atoms with Crippen molar-refractivity contribution in [2.24, 2.45) is 5.73 Å². The number of rotatable bonds is 4. The maximum atomic E-state index is 12.6. The highest BCUT2D eigenvalue weighted by molar-refractivity contribution is 5.87. The molecule has 0 bridgehead atoms. The quantitative estimate of drug-likeness (QED) is 0.809. The van der Waals surface area contributed by atoms with Crippen LogP contribution in [0.3, 0.4) is 0 Å². The lowest BCUT2D eigenvalue weighted by Crippen LogP contribution is -2.62. The molecule has 1 atom stereocenters. The van der Waals surface area contributed by atoms with Crippen LogP contribution in [-0.4, -0.2) is 35.1 Å². The second-order valence-corrected chi connectivity index (χ2v) is 4.43. The summed E-state index contributed by atoms with van der Waals surface area (Å²) in [6, 6.07) is -0.0438. The molecule has 94 valence electrons. The highest BCUT2D eigenvalue weighted by atomic mass is 19.4. The van der Waals surface area contributed by atoms with Gasteiger partial charge in [0.05, 0.1) is 0 Å². The maximum Gasteiger partial charge on any atom is 0.415 e. The SMILES string of the molecule is CCCN(C(=O)C(C)(N)C(F)(F)F)C1CC1. The minimum atomic E-state index is -4.70. The number of hydrogen-bond acceptors (Lipinski definition) is 2. The van der Waals surface area contributed by atoms with Crippen molar-refractivity contribution in [3.63, 3.8) is 0 Å². The van der Waals surface area contributed by atoms with Gasteiger partial charge in [0, 0.05) is 12.6 Å². The van der Waals surface area contributed by atoms with Crippen molar-refractivity contribution in [1.82, 2.24) is 4.90 Å². The Balaban J connectivity index is 2.81. The Hall–Kier alpha value is -0.780. The number of alkyl halides is 3. The normalized spacial score (nSPS) is 20.4. The van der Waals surface area contributed by atoms with E-state index in [0.717, 1.165) is 19.8 Å². The zero-order chi connectivity index (χ0) is 12.6. The number of nitrogens with zero attached hydrogens (tertiary/aromatic N) is 1. The van der Waals surface area contributed by atoms with Crippen LogP contribution in [-0.2, 0) is 4.79 Å². The minimum Gasteiger partial charge on any atom is -0.338 e. The van der Waals surface area contributed by atoms with Crippen molar-refractivity contribution in [3.05, 3.63) is 0 Å². The van der Waals surface area contributed by atoms with Crippen LogP contribution >= 0.6 is 0 Å². The van der Waals surface area contributed by atoms with Gasteiger partial charge in [0.1, 0.15) is 0 Å². The van der Waals surface area contributed by atoms with Crippen LogP contribution in [0.1, 0.15) is 33.1 Å². The first-order valence-electron chi connectivity index (χ1n) is 5.38. The van der Waals surface area contributed by atoms with E-state index in [0.29, 0.717) is 13.0 Å². The Labute approximate surface area is 92.8 Å². The van der Waals surface area contributed by atoms with E-state index >= 15 is 0 Å². The Morgan fingerprint density at radius 1 is 1.44 bits per heavy atom. The number of carbonyl (C=O) groups is 1. The van der Waals surface area contributed by atoms with E-state index in [-0.39, 0.29) is 6.04 Å². The molecule has 0 aromatic rings. The molecule has 1 rings (SSSR count). The standard InChI is InChI=1S/C10H17F3N2O/c1-3-6-15(7-4-5-7)8(16)9(2,14)10(11,12)13/h7H,3-6,14H2,1-2H3. The van der Waals surface area contributed by atoms with Crippen LogP contribution in [0.4, 0.5) is 13.2 Å². The van der Waals surface area contributed by atoms with Gasteiger partial charge in [-0.25, -0.2) is 0 Å². The predicted octanol–water partition coefficient (Wildman–Crippen LogP) is 1.67. The zero-order valence-electron chi connectivity index (χ0n) is 9.47. The second kappa shape index (κ2) is 4.24. The van der Waals surface area contributed by atoms with E-state index in [1.165, 1.54) is 4.90 Å². The van der Waals surface area contributed by atoms with E-state index in [1.807, 2.05) is 6.92 Å². The summed E-state index contributed by atoms with van der Waals surface area (Å²) in [4.78, 5) is 13.0. The molecule has 1 aliphatic rings. The minimum absolute atomic E-state index is 0.0438. The lowest BCUT2D eigenvalue weighted by atomic mass is 10.0. The molecule has 1 fully saturated rings. The molecule has 0 spiro atoms. The molecule has 0 aliphatic heterocycles. The number of nitrogens with two attached hydrogens (primary N) is 1. The van der Waals surface area contributed by atoms with Crippen molar-refractivity contribution in [2.45, 2.75) is 50.9 Å². The molecule has 0 radical (unpaired) electrons. The van der Waals surface area contributed by atoms with E-state index < -0.39 is 17.6 Å². The lowest BCUT2D eigenvalue weighted by molar-refractivity contribution is -0.194. The van der Waals surface area contributed by atoms with Crippen molar-refractivity contribution in [1.29, 1.82) is 0 Å². The summed E-state index contributed by atoms with van der Waals surface area (Å²) in [7, 11) is 0. The van der Waals surface area contributed by atoms with Gasteiger partial charge in [-0.1, -0.05) is 6.92 Å². The van der Waals surface area contributed by atoms with E-state index in [9.17, 15) is 18.0 Å². The van der Waals surface area contributed by atoms with Crippen LogP contribution in [0.5, 0.6) is 0 Å². The first-order chi connectivity index (χ1) is 7.21. The van der Waals surface area contributed by atoms with Crippen molar-refractivity contribution >= 4 is 5.91 Å². The summed E-state index contributed by atoms with van der Waals surface area (Å²) in [5.41, 5.74) is 2.34. The largest absolute Gasteiger partial charge is 0.415 e. The smallest absolute Gasteiger partial charge is 0.338 e. The van der Waals surface area contributed by atoms with E-state index in [2.05, 4.69) is 0 Å². The predicted molar refractivity (Wildman–Crippen MR) is 53.7 cm³/mol. The Bertz CT molecular complexity index is 272. The highest BCUT2D eigenvalue weighted by Gasteiger charge is 2.56. The monoisotopic (exact) mass is 238 g/mol. The Morgan fingerprint density at radius 3 is 2.25 bits per heavy atom. The summed E-state index contributed by atoms with van der Waals surface area (Å²) >= 11 is 0. The number of carbonyl (C=O) groups excluding carboxylic acids is 1. The van der Waals surface area contributed by atoms with Gasteiger partial charge in [-0.15, -0.1) is 0 Å². The second-order valence-electron chi connectivity index (χ2n) is 4.43. The topological polar surface area (TPSA) is 46.3 Å². The molecule has 0 heterocycles. The number of hydrogen-bond donors (Lipinski definition) is 1. The molecule has 0 aromatic carbocycles. The summed E-state index contributed by atoms with van der Waals surface area (Å²) < 4.78 is 37.8. The third-order valence-electron chi connectivity index (χ3n) is 2.75. The average molecular weight is 238 g/mol. The average Bonchev–Trinajstić information content (AvgIpc) is 2.94. The van der Waals surface area contributed by atoms with Crippen molar-refractivity contribution in [3.8, 4) is 0 Å². The third kappa shape index (κ3) is 2.48. The van der Waals surface area contributed by atoms with Gasteiger partial charge in [-0.2, -0.15) is 13.2 Å². The summed E-state index contributed by atoms with van der Waals surface area (Å²) in [6.07, 6.45) is -2.51. The lowest BCUT2D eigenvalue weighted by Gasteiger charge is -2.33. The van der Waals surface area contributed by atoms with Gasteiger partial charge in [-0.3, -0.25) is 4.79 Å². The Kier molecular flexibility index (Phi) is 3.52. The van der Waals surface area contributed by atoms with Gasteiger partial charge < -0.3 is 10.6 Å². The summed E-state index contributed by atoms with van der Waals surface area (Å²) in [6.45, 7) is 2.90. The molecule has 1 amide bonds. The van der Waals surface area contributed by atoms with Gasteiger partial charge >= 0.3 is 6.18 Å². The molecule has 1 saturated carbocycles. The van der Waals surface area contributed by atoms with Gasteiger partial charge in [-0.05, 0) is 26.2 Å².